The van der Waals surface area contributed by atoms with Crippen LogP contribution in [0.2, 0.25) is 0 Å². The van der Waals surface area contributed by atoms with Crippen molar-refractivity contribution in [3.63, 3.8) is 0 Å². The summed E-state index contributed by atoms with van der Waals surface area (Å²) in [5.41, 5.74) is 3.22. The molecule has 0 aliphatic carbocycles. The topological polar surface area (TPSA) is 75.4 Å². The molecule has 0 aliphatic rings. The maximum atomic E-state index is 12.3. The predicted octanol–water partition coefficient (Wildman–Crippen LogP) is 3.26. The third kappa shape index (κ3) is 4.72. The van der Waals surface area contributed by atoms with Crippen molar-refractivity contribution in [1.82, 2.24) is 10.3 Å². The Kier molecular flexibility index (Phi) is 6.70. The number of benzene rings is 2. The molecule has 1 heterocycles. The molecule has 0 saturated heterocycles. The van der Waals surface area contributed by atoms with Gasteiger partial charge in [-0.1, -0.05) is 30.3 Å². The molecule has 0 saturated carbocycles. The van der Waals surface area contributed by atoms with Crippen molar-refractivity contribution >= 4 is 5.69 Å². The van der Waals surface area contributed by atoms with E-state index < -0.39 is 0 Å². The highest BCUT2D eigenvalue weighted by Crippen LogP contribution is 2.27. The van der Waals surface area contributed by atoms with Gasteiger partial charge in [-0.15, -0.1) is 0 Å². The molecule has 28 heavy (non-hydrogen) atoms. The first-order valence-electron chi connectivity index (χ1n) is 9.15. The molecule has 0 amide bonds. The van der Waals surface area contributed by atoms with E-state index in [0.29, 0.717) is 17.9 Å². The van der Waals surface area contributed by atoms with Crippen LogP contribution in [0.15, 0.2) is 65.6 Å². The first-order valence-corrected chi connectivity index (χ1v) is 9.15. The number of nitrogens with one attached hydrogen (secondary N) is 3. The summed E-state index contributed by atoms with van der Waals surface area (Å²) in [7, 11) is 3.27. The summed E-state index contributed by atoms with van der Waals surface area (Å²) < 4.78 is 10.7. The minimum atomic E-state index is -0.133. The van der Waals surface area contributed by atoms with E-state index in [9.17, 15) is 4.79 Å². The SMILES string of the molecule is COc1ccccc1NCCNCc1c[nH]c(=O)c(-c2ccccc2OC)c1. The molecule has 0 spiro atoms. The van der Waals surface area contributed by atoms with Crippen LogP contribution in [0.1, 0.15) is 5.56 Å². The largest absolute Gasteiger partial charge is 0.496 e. The fourth-order valence-corrected chi connectivity index (χ4v) is 3.01. The average Bonchev–Trinajstić information content (AvgIpc) is 2.75. The van der Waals surface area contributed by atoms with Crippen LogP contribution in [-0.4, -0.2) is 32.3 Å². The lowest BCUT2D eigenvalue weighted by Gasteiger charge is -2.12. The zero-order valence-corrected chi connectivity index (χ0v) is 16.1. The Labute approximate surface area is 164 Å². The number of ether oxygens (including phenoxy) is 2. The Balaban J connectivity index is 1.59. The van der Waals surface area contributed by atoms with Gasteiger partial charge in [0, 0.05) is 31.4 Å². The van der Waals surface area contributed by atoms with Crippen molar-refractivity contribution in [2.45, 2.75) is 6.54 Å². The number of aromatic nitrogens is 1. The number of aromatic amines is 1. The third-order valence-electron chi connectivity index (χ3n) is 4.41. The molecule has 0 unspecified atom stereocenters. The summed E-state index contributed by atoms with van der Waals surface area (Å²) in [6.07, 6.45) is 1.74. The standard InChI is InChI=1S/C22H25N3O3/c1-27-20-9-5-3-7-17(20)18-13-16(15-25-22(18)26)14-23-11-12-24-19-8-4-6-10-21(19)28-2/h3-10,13,15,23-24H,11-12,14H2,1-2H3,(H,25,26). The zero-order chi connectivity index (χ0) is 19.8. The molecular formula is C22H25N3O3. The van der Waals surface area contributed by atoms with Gasteiger partial charge in [0.1, 0.15) is 11.5 Å². The number of para-hydroxylation sites is 3. The Bertz CT molecular complexity index is 969. The van der Waals surface area contributed by atoms with Crippen LogP contribution in [0.5, 0.6) is 11.5 Å². The quantitative estimate of drug-likeness (QED) is 0.498. The summed E-state index contributed by atoms with van der Waals surface area (Å²) in [5, 5.41) is 6.73. The molecule has 0 radical (unpaired) electrons. The molecule has 0 bridgehead atoms. The number of anilines is 1. The van der Waals surface area contributed by atoms with Gasteiger partial charge in [-0.25, -0.2) is 0 Å². The van der Waals surface area contributed by atoms with E-state index in [2.05, 4.69) is 15.6 Å². The normalized spacial score (nSPS) is 10.5. The summed E-state index contributed by atoms with van der Waals surface area (Å²) in [6, 6.07) is 17.2. The minimum Gasteiger partial charge on any atom is -0.496 e. The molecule has 1 aromatic heterocycles. The van der Waals surface area contributed by atoms with Gasteiger partial charge >= 0.3 is 0 Å². The Morgan fingerprint density at radius 1 is 0.893 bits per heavy atom. The van der Waals surface area contributed by atoms with E-state index in [1.807, 2.05) is 54.6 Å². The molecular weight excluding hydrogens is 354 g/mol. The Morgan fingerprint density at radius 3 is 2.39 bits per heavy atom. The van der Waals surface area contributed by atoms with Crippen LogP contribution in [0.4, 0.5) is 5.69 Å². The number of H-pyrrole nitrogens is 1. The lowest BCUT2D eigenvalue weighted by atomic mass is 10.0. The summed E-state index contributed by atoms with van der Waals surface area (Å²) >= 11 is 0. The molecule has 3 N–H and O–H groups in total. The van der Waals surface area contributed by atoms with Gasteiger partial charge in [-0.2, -0.15) is 0 Å². The van der Waals surface area contributed by atoms with Crippen LogP contribution >= 0.6 is 0 Å². The second kappa shape index (κ2) is 9.62. The first-order chi connectivity index (χ1) is 13.7. The summed E-state index contributed by atoms with van der Waals surface area (Å²) in [4.78, 5) is 15.1. The van der Waals surface area contributed by atoms with Crippen molar-refractivity contribution in [2.75, 3.05) is 32.6 Å². The highest BCUT2D eigenvalue weighted by Gasteiger charge is 2.10. The number of hydrogen-bond acceptors (Lipinski definition) is 5. The third-order valence-corrected chi connectivity index (χ3v) is 4.41. The first kappa shape index (κ1) is 19.5. The van der Waals surface area contributed by atoms with Gasteiger partial charge in [-0.3, -0.25) is 4.79 Å². The van der Waals surface area contributed by atoms with Crippen molar-refractivity contribution < 1.29 is 9.47 Å². The molecule has 2 aromatic carbocycles. The molecule has 0 fully saturated rings. The van der Waals surface area contributed by atoms with Gasteiger partial charge in [0.05, 0.1) is 25.5 Å². The van der Waals surface area contributed by atoms with Gasteiger partial charge in [0.25, 0.3) is 5.56 Å². The van der Waals surface area contributed by atoms with E-state index >= 15 is 0 Å². The van der Waals surface area contributed by atoms with Crippen molar-refractivity contribution in [3.8, 4) is 22.6 Å². The van der Waals surface area contributed by atoms with Crippen LogP contribution in [-0.2, 0) is 6.54 Å². The average molecular weight is 379 g/mol. The van der Waals surface area contributed by atoms with E-state index in [-0.39, 0.29) is 5.56 Å². The molecule has 6 nitrogen and oxygen atoms in total. The van der Waals surface area contributed by atoms with Crippen LogP contribution in [0, 0.1) is 0 Å². The highest BCUT2D eigenvalue weighted by atomic mass is 16.5. The lowest BCUT2D eigenvalue weighted by molar-refractivity contribution is 0.416. The molecule has 0 atom stereocenters. The van der Waals surface area contributed by atoms with Gasteiger partial charge in [0.15, 0.2) is 0 Å². The maximum absolute atomic E-state index is 12.3. The minimum absolute atomic E-state index is 0.133. The fourth-order valence-electron chi connectivity index (χ4n) is 3.01. The van der Waals surface area contributed by atoms with Crippen molar-refractivity contribution in [2.24, 2.45) is 0 Å². The van der Waals surface area contributed by atoms with Crippen molar-refractivity contribution in [1.29, 1.82) is 0 Å². The monoisotopic (exact) mass is 379 g/mol. The molecule has 146 valence electrons. The van der Waals surface area contributed by atoms with E-state index in [4.69, 9.17) is 9.47 Å². The zero-order valence-electron chi connectivity index (χ0n) is 16.1. The Morgan fingerprint density at radius 2 is 1.61 bits per heavy atom. The molecule has 3 rings (SSSR count). The summed E-state index contributed by atoms with van der Waals surface area (Å²) in [5.74, 6) is 1.50. The van der Waals surface area contributed by atoms with Gasteiger partial charge < -0.3 is 25.1 Å². The lowest BCUT2D eigenvalue weighted by Crippen LogP contribution is -2.22. The Hall–Kier alpha value is -3.25. The second-order valence-corrected chi connectivity index (χ2v) is 6.25. The number of methoxy groups -OCH3 is 2. The van der Waals surface area contributed by atoms with Crippen molar-refractivity contribution in [3.05, 3.63) is 76.7 Å². The molecule has 0 aliphatic heterocycles. The number of rotatable bonds is 9. The second-order valence-electron chi connectivity index (χ2n) is 6.25. The smallest absolute Gasteiger partial charge is 0.255 e. The van der Waals surface area contributed by atoms with Crippen LogP contribution in [0.3, 0.4) is 0 Å². The van der Waals surface area contributed by atoms with Gasteiger partial charge in [-0.05, 0) is 29.8 Å². The number of pyridine rings is 1. The summed E-state index contributed by atoms with van der Waals surface area (Å²) in [6.45, 7) is 2.16. The van der Waals surface area contributed by atoms with Gasteiger partial charge in [0.2, 0.25) is 0 Å². The molecule has 3 aromatic rings. The predicted molar refractivity (Wildman–Crippen MR) is 112 cm³/mol. The fraction of sp³-hybridized carbons (Fsp3) is 0.227. The highest BCUT2D eigenvalue weighted by molar-refractivity contribution is 5.70. The van der Waals surface area contributed by atoms with E-state index in [0.717, 1.165) is 35.7 Å². The maximum Gasteiger partial charge on any atom is 0.255 e. The van der Waals surface area contributed by atoms with E-state index in [1.165, 1.54) is 0 Å². The van der Waals surface area contributed by atoms with Crippen LogP contribution < -0.4 is 25.7 Å². The van der Waals surface area contributed by atoms with Crippen LogP contribution in [0.25, 0.3) is 11.1 Å². The molecule has 6 heteroatoms. The van der Waals surface area contributed by atoms with E-state index in [1.54, 1.807) is 20.4 Å². The number of hydrogen-bond donors (Lipinski definition) is 3.